The minimum atomic E-state index is -0.996. The van der Waals surface area contributed by atoms with Crippen molar-refractivity contribution in [1.29, 1.82) is 0 Å². The van der Waals surface area contributed by atoms with Gasteiger partial charge >= 0.3 is 63.3 Å². The Bertz CT molecular complexity index is 512. The summed E-state index contributed by atoms with van der Waals surface area (Å²) in [5.41, 5.74) is 0. The van der Waals surface area contributed by atoms with Crippen molar-refractivity contribution in [2.45, 2.75) is 142 Å². The SMILES string of the molecule is CCCCCCCC(=O)NCC(=O)O.CCCCCCCCC=CCCCCCCCC(=O)O.[KH]. The molecule has 202 valence electrons. The molecule has 0 fully saturated rings. The Kier molecular flexibility index (Phi) is 37.9. The van der Waals surface area contributed by atoms with Crippen LogP contribution in [0.25, 0.3) is 0 Å². The third-order valence-electron chi connectivity index (χ3n) is 5.60. The first-order chi connectivity index (χ1) is 16.4. The maximum absolute atomic E-state index is 11.0. The van der Waals surface area contributed by atoms with Crippen LogP contribution in [0.2, 0.25) is 0 Å². The number of carboxylic acids is 2. The molecule has 0 bridgehead atoms. The van der Waals surface area contributed by atoms with Gasteiger partial charge in [-0.2, -0.15) is 0 Å². The number of hydrogen-bond acceptors (Lipinski definition) is 3. The molecule has 0 aliphatic rings. The van der Waals surface area contributed by atoms with Crippen molar-refractivity contribution >= 4 is 69.2 Å². The molecule has 0 unspecified atom stereocenters. The number of carbonyl (C=O) groups excluding carboxylic acids is 1. The van der Waals surface area contributed by atoms with Gasteiger partial charge in [-0.15, -0.1) is 0 Å². The van der Waals surface area contributed by atoms with Gasteiger partial charge in [0.2, 0.25) is 5.91 Å². The number of carbonyl (C=O) groups is 3. The zero-order chi connectivity index (χ0) is 25.7. The van der Waals surface area contributed by atoms with Crippen LogP contribution in [0.1, 0.15) is 142 Å². The number of unbranched alkanes of at least 4 members (excludes halogenated alkanes) is 15. The van der Waals surface area contributed by atoms with Crippen LogP contribution in [0, 0.1) is 0 Å². The van der Waals surface area contributed by atoms with E-state index in [1.54, 1.807) is 0 Å². The Morgan fingerprint density at radius 2 is 0.971 bits per heavy atom. The van der Waals surface area contributed by atoms with Gasteiger partial charge in [0, 0.05) is 12.8 Å². The fraction of sp³-hybridized carbons (Fsp3) is 0.821. The number of amides is 1. The van der Waals surface area contributed by atoms with Crippen LogP contribution in [-0.4, -0.2) is 86.0 Å². The molecule has 3 N–H and O–H groups in total. The van der Waals surface area contributed by atoms with Crippen LogP contribution >= 0.6 is 0 Å². The number of allylic oxidation sites excluding steroid dienone is 2. The zero-order valence-electron chi connectivity index (χ0n) is 22.1. The predicted octanol–water partition coefficient (Wildman–Crippen LogP) is 7.01. The molecule has 1 amide bonds. The molecule has 0 spiro atoms. The topological polar surface area (TPSA) is 104 Å². The number of aliphatic carboxylic acids is 2. The fourth-order valence-corrected chi connectivity index (χ4v) is 3.50. The van der Waals surface area contributed by atoms with Gasteiger partial charge < -0.3 is 15.5 Å². The average molecular weight is 524 g/mol. The third kappa shape index (κ3) is 41.2. The number of hydrogen-bond donors (Lipinski definition) is 3. The molecule has 0 aromatic carbocycles. The minimum absolute atomic E-state index is 0. The van der Waals surface area contributed by atoms with Crippen molar-refractivity contribution < 1.29 is 24.6 Å². The Hall–Kier alpha value is -0.214. The van der Waals surface area contributed by atoms with E-state index in [0.29, 0.717) is 12.8 Å². The number of carboxylic acid groups (broad SMARTS) is 2. The van der Waals surface area contributed by atoms with Gasteiger partial charge in [-0.1, -0.05) is 103 Å². The van der Waals surface area contributed by atoms with Crippen LogP contribution in [0.15, 0.2) is 12.2 Å². The molecule has 7 heteroatoms. The predicted molar refractivity (Wildman–Crippen MR) is 148 cm³/mol. The second-order valence-electron chi connectivity index (χ2n) is 9.06. The number of rotatable bonds is 23. The quantitative estimate of drug-likeness (QED) is 0.0759. The number of nitrogens with one attached hydrogen (secondary N) is 1. The van der Waals surface area contributed by atoms with Crippen molar-refractivity contribution in [2.75, 3.05) is 6.54 Å². The first kappa shape index (κ1) is 39.3. The van der Waals surface area contributed by atoms with Gasteiger partial charge in [-0.05, 0) is 38.5 Å². The molecule has 6 nitrogen and oxygen atoms in total. The van der Waals surface area contributed by atoms with Crippen LogP contribution in [-0.2, 0) is 14.4 Å². The van der Waals surface area contributed by atoms with Crippen molar-refractivity contribution in [3.05, 3.63) is 12.2 Å². The fourth-order valence-electron chi connectivity index (χ4n) is 3.50. The van der Waals surface area contributed by atoms with Gasteiger partial charge in [-0.25, -0.2) is 0 Å². The van der Waals surface area contributed by atoms with E-state index in [4.69, 9.17) is 10.2 Å². The van der Waals surface area contributed by atoms with Crippen LogP contribution in [0.5, 0.6) is 0 Å². The molecule has 0 saturated carbocycles. The van der Waals surface area contributed by atoms with Crippen molar-refractivity contribution in [2.24, 2.45) is 0 Å². The molecule has 0 aromatic rings. The van der Waals surface area contributed by atoms with Crippen molar-refractivity contribution in [3.63, 3.8) is 0 Å². The normalized spacial score (nSPS) is 10.3. The first-order valence-electron chi connectivity index (χ1n) is 13.8. The van der Waals surface area contributed by atoms with Gasteiger partial charge in [-0.3, -0.25) is 14.4 Å². The van der Waals surface area contributed by atoms with E-state index in [2.05, 4.69) is 31.3 Å². The zero-order valence-corrected chi connectivity index (χ0v) is 22.1. The summed E-state index contributed by atoms with van der Waals surface area (Å²) in [5, 5.41) is 19.1. The summed E-state index contributed by atoms with van der Waals surface area (Å²) in [6.45, 7) is 4.13. The van der Waals surface area contributed by atoms with E-state index in [1.807, 2.05) is 0 Å². The molecule has 0 radical (unpaired) electrons. The molecule has 0 saturated heterocycles. The van der Waals surface area contributed by atoms with Gasteiger partial charge in [0.15, 0.2) is 0 Å². The molecule has 35 heavy (non-hydrogen) atoms. The molecule has 0 aliphatic heterocycles. The monoisotopic (exact) mass is 523 g/mol. The van der Waals surface area contributed by atoms with E-state index in [9.17, 15) is 14.4 Å². The summed E-state index contributed by atoms with van der Waals surface area (Å²) < 4.78 is 0. The van der Waals surface area contributed by atoms with Crippen LogP contribution in [0.4, 0.5) is 0 Å². The standard InChI is InChI=1S/C18H34O2.C10H19NO3.K.H/c1-2-3-4-5-6-7-8-9-10-11-12-13-14-15-16-17-18(19)20;1-2-3-4-5-6-7-9(12)11-8-10(13)14;;/h9-10H,2-8,11-17H2,1H3,(H,19,20);2-8H2,1H3,(H,11,12)(H,13,14);;. The molecule has 0 aliphatic carbocycles. The Labute approximate surface area is 257 Å². The van der Waals surface area contributed by atoms with Gasteiger partial charge in [0.25, 0.3) is 0 Å². The van der Waals surface area contributed by atoms with E-state index in [1.165, 1.54) is 83.5 Å². The second kappa shape index (κ2) is 33.8. The second-order valence-corrected chi connectivity index (χ2v) is 9.06. The van der Waals surface area contributed by atoms with Gasteiger partial charge in [0.1, 0.15) is 6.54 Å². The summed E-state index contributed by atoms with van der Waals surface area (Å²) in [5.74, 6) is -1.82. The summed E-state index contributed by atoms with van der Waals surface area (Å²) in [7, 11) is 0. The molecule has 0 rings (SSSR count). The molecular weight excluding hydrogens is 469 g/mol. The average Bonchev–Trinajstić information content (AvgIpc) is 2.80. The van der Waals surface area contributed by atoms with Gasteiger partial charge in [0.05, 0.1) is 0 Å². The first-order valence-corrected chi connectivity index (χ1v) is 13.8. The molecule has 0 atom stereocenters. The van der Waals surface area contributed by atoms with E-state index < -0.39 is 11.9 Å². The Balaban J connectivity index is -0.000000603. The Morgan fingerprint density at radius 3 is 1.40 bits per heavy atom. The molecular formula is C28H54KNO5. The van der Waals surface area contributed by atoms with Crippen LogP contribution in [0.3, 0.4) is 0 Å². The van der Waals surface area contributed by atoms with E-state index in [-0.39, 0.29) is 63.8 Å². The summed E-state index contributed by atoms with van der Waals surface area (Å²) >= 11 is 0. The third-order valence-corrected chi connectivity index (χ3v) is 5.60. The molecule has 0 heterocycles. The Morgan fingerprint density at radius 1 is 0.571 bits per heavy atom. The summed E-state index contributed by atoms with van der Waals surface area (Å²) in [4.78, 5) is 31.4. The summed E-state index contributed by atoms with van der Waals surface area (Å²) in [6, 6.07) is 0. The van der Waals surface area contributed by atoms with E-state index in [0.717, 1.165) is 32.1 Å². The van der Waals surface area contributed by atoms with Crippen LogP contribution < -0.4 is 5.32 Å². The molecule has 0 aromatic heterocycles. The maximum atomic E-state index is 11.0. The summed E-state index contributed by atoms with van der Waals surface area (Å²) in [6.07, 6.45) is 27.1. The van der Waals surface area contributed by atoms with Crippen molar-refractivity contribution in [1.82, 2.24) is 5.32 Å². The van der Waals surface area contributed by atoms with E-state index >= 15 is 0 Å². The van der Waals surface area contributed by atoms with Crippen molar-refractivity contribution in [3.8, 4) is 0 Å².